The predicted octanol–water partition coefficient (Wildman–Crippen LogP) is 0.485. The number of ether oxygens (including phenoxy) is 1. The molecule has 62 valence electrons. The molecule has 1 N–H and O–H groups in total. The summed E-state index contributed by atoms with van der Waals surface area (Å²) in [6, 6.07) is 0. The third-order valence-corrected chi connectivity index (χ3v) is 1.69. The van der Waals surface area contributed by atoms with Crippen LogP contribution in [0, 0.1) is 5.92 Å². The van der Waals surface area contributed by atoms with Gasteiger partial charge in [0.25, 0.3) is 0 Å². The van der Waals surface area contributed by atoms with Crippen LogP contribution in [0.25, 0.3) is 0 Å². The van der Waals surface area contributed by atoms with Gasteiger partial charge in [-0.05, 0) is 12.0 Å². The maximum Gasteiger partial charge on any atom is 0.331 e. The Morgan fingerprint density at radius 3 is 2.64 bits per heavy atom. The second-order valence-corrected chi connectivity index (χ2v) is 3.00. The summed E-state index contributed by atoms with van der Waals surface area (Å²) in [7, 11) is 0. The molecule has 1 aliphatic heterocycles. The van der Waals surface area contributed by atoms with Crippen molar-refractivity contribution in [2.45, 2.75) is 26.1 Å². The lowest BCUT2D eigenvalue weighted by molar-refractivity contribution is -0.143. The van der Waals surface area contributed by atoms with E-state index in [2.05, 4.69) is 0 Å². The lowest BCUT2D eigenvalue weighted by Gasteiger charge is -2.19. The Kier molecular flexibility index (Phi) is 2.29. The van der Waals surface area contributed by atoms with Gasteiger partial charge in [0.1, 0.15) is 6.10 Å². The standard InChI is InChI=1S/C8H12O3/c1-5(2)8(10)6-3-4-7(9)11-6/h3-6,8,10H,1-2H3/t6-,8+/m0/s1. The third-order valence-electron chi connectivity index (χ3n) is 1.69. The van der Waals surface area contributed by atoms with E-state index in [0.717, 1.165) is 0 Å². The second kappa shape index (κ2) is 3.05. The first kappa shape index (κ1) is 8.27. The van der Waals surface area contributed by atoms with Gasteiger partial charge in [0.2, 0.25) is 0 Å². The minimum atomic E-state index is -0.585. The van der Waals surface area contributed by atoms with Crippen molar-refractivity contribution in [3.8, 4) is 0 Å². The van der Waals surface area contributed by atoms with Crippen LogP contribution in [0.5, 0.6) is 0 Å². The van der Waals surface area contributed by atoms with Gasteiger partial charge in [-0.15, -0.1) is 0 Å². The van der Waals surface area contributed by atoms with Crippen molar-refractivity contribution in [2.24, 2.45) is 5.92 Å². The highest BCUT2D eigenvalue weighted by molar-refractivity contribution is 5.84. The van der Waals surface area contributed by atoms with Crippen LogP contribution in [0.4, 0.5) is 0 Å². The minimum absolute atomic E-state index is 0.107. The highest BCUT2D eigenvalue weighted by atomic mass is 16.6. The van der Waals surface area contributed by atoms with E-state index < -0.39 is 12.2 Å². The number of rotatable bonds is 2. The van der Waals surface area contributed by atoms with E-state index in [-0.39, 0.29) is 11.9 Å². The summed E-state index contributed by atoms with van der Waals surface area (Å²) in [5.74, 6) is -0.259. The molecule has 3 heteroatoms. The Hall–Kier alpha value is -0.830. The summed E-state index contributed by atoms with van der Waals surface area (Å²) in [4.78, 5) is 10.6. The Balaban J connectivity index is 2.51. The van der Waals surface area contributed by atoms with E-state index in [0.29, 0.717) is 0 Å². The van der Waals surface area contributed by atoms with Crippen LogP contribution in [0.1, 0.15) is 13.8 Å². The Labute approximate surface area is 65.7 Å². The minimum Gasteiger partial charge on any atom is -0.452 e. The lowest BCUT2D eigenvalue weighted by atomic mass is 10.0. The molecule has 1 heterocycles. The first-order chi connectivity index (χ1) is 5.11. The predicted molar refractivity (Wildman–Crippen MR) is 39.9 cm³/mol. The normalized spacial score (nSPS) is 25.8. The van der Waals surface area contributed by atoms with Gasteiger partial charge in [-0.3, -0.25) is 0 Å². The summed E-state index contributed by atoms with van der Waals surface area (Å²) >= 11 is 0. The molecule has 0 saturated carbocycles. The van der Waals surface area contributed by atoms with Gasteiger partial charge in [0, 0.05) is 6.08 Å². The smallest absolute Gasteiger partial charge is 0.331 e. The average Bonchev–Trinajstić information content (AvgIpc) is 2.34. The van der Waals surface area contributed by atoms with Gasteiger partial charge in [0.05, 0.1) is 6.10 Å². The number of hydrogen-bond donors (Lipinski definition) is 1. The summed E-state index contributed by atoms with van der Waals surface area (Å²) in [6.07, 6.45) is 1.91. The Morgan fingerprint density at radius 2 is 2.27 bits per heavy atom. The fourth-order valence-corrected chi connectivity index (χ4v) is 0.949. The maximum absolute atomic E-state index is 10.6. The average molecular weight is 156 g/mol. The highest BCUT2D eigenvalue weighted by Gasteiger charge is 2.26. The maximum atomic E-state index is 10.6. The van der Waals surface area contributed by atoms with Crippen molar-refractivity contribution >= 4 is 5.97 Å². The number of carbonyl (C=O) groups is 1. The molecule has 2 atom stereocenters. The molecule has 0 unspecified atom stereocenters. The van der Waals surface area contributed by atoms with Crippen molar-refractivity contribution in [2.75, 3.05) is 0 Å². The zero-order chi connectivity index (χ0) is 8.43. The number of esters is 1. The lowest BCUT2D eigenvalue weighted by Crippen LogP contribution is -2.30. The zero-order valence-corrected chi connectivity index (χ0v) is 6.65. The summed E-state index contributed by atoms with van der Waals surface area (Å²) in [5, 5.41) is 9.42. The van der Waals surface area contributed by atoms with Crippen LogP contribution >= 0.6 is 0 Å². The van der Waals surface area contributed by atoms with Crippen molar-refractivity contribution in [3.05, 3.63) is 12.2 Å². The van der Waals surface area contributed by atoms with Crippen LogP contribution in [0.15, 0.2) is 12.2 Å². The molecule has 3 nitrogen and oxygen atoms in total. The van der Waals surface area contributed by atoms with Gasteiger partial charge >= 0.3 is 5.97 Å². The molecule has 0 spiro atoms. The van der Waals surface area contributed by atoms with Crippen LogP contribution in [0.2, 0.25) is 0 Å². The molecule has 0 aliphatic carbocycles. The molecule has 0 aromatic rings. The quantitative estimate of drug-likeness (QED) is 0.592. The molecule has 0 fully saturated rings. The van der Waals surface area contributed by atoms with E-state index in [1.807, 2.05) is 13.8 Å². The van der Waals surface area contributed by atoms with Crippen molar-refractivity contribution in [1.82, 2.24) is 0 Å². The van der Waals surface area contributed by atoms with Crippen LogP contribution < -0.4 is 0 Å². The summed E-state index contributed by atoms with van der Waals surface area (Å²) in [5.41, 5.74) is 0. The zero-order valence-electron chi connectivity index (χ0n) is 6.65. The Morgan fingerprint density at radius 1 is 1.64 bits per heavy atom. The number of cyclic esters (lactones) is 1. The van der Waals surface area contributed by atoms with E-state index in [1.165, 1.54) is 6.08 Å². The molecule has 1 rings (SSSR count). The summed E-state index contributed by atoms with van der Waals surface area (Å²) < 4.78 is 4.78. The van der Waals surface area contributed by atoms with Crippen LogP contribution in [-0.4, -0.2) is 23.3 Å². The van der Waals surface area contributed by atoms with E-state index in [1.54, 1.807) is 6.08 Å². The molecular formula is C8H12O3. The number of hydrogen-bond acceptors (Lipinski definition) is 3. The van der Waals surface area contributed by atoms with E-state index in [4.69, 9.17) is 4.74 Å². The topological polar surface area (TPSA) is 46.5 Å². The molecular weight excluding hydrogens is 144 g/mol. The van der Waals surface area contributed by atoms with Gasteiger partial charge in [-0.25, -0.2) is 4.79 Å². The third kappa shape index (κ3) is 1.80. The molecule has 11 heavy (non-hydrogen) atoms. The fourth-order valence-electron chi connectivity index (χ4n) is 0.949. The highest BCUT2D eigenvalue weighted by Crippen LogP contribution is 2.15. The van der Waals surface area contributed by atoms with E-state index >= 15 is 0 Å². The van der Waals surface area contributed by atoms with Gasteiger partial charge in [0.15, 0.2) is 0 Å². The monoisotopic (exact) mass is 156 g/mol. The van der Waals surface area contributed by atoms with E-state index in [9.17, 15) is 9.90 Å². The van der Waals surface area contributed by atoms with Gasteiger partial charge in [-0.2, -0.15) is 0 Å². The molecule has 0 amide bonds. The molecule has 0 aromatic carbocycles. The first-order valence-corrected chi connectivity index (χ1v) is 3.68. The molecule has 0 aromatic heterocycles. The van der Waals surface area contributed by atoms with Crippen molar-refractivity contribution in [3.63, 3.8) is 0 Å². The van der Waals surface area contributed by atoms with Crippen LogP contribution in [0.3, 0.4) is 0 Å². The second-order valence-electron chi connectivity index (χ2n) is 3.00. The number of aliphatic hydroxyl groups is 1. The largest absolute Gasteiger partial charge is 0.452 e. The van der Waals surface area contributed by atoms with Gasteiger partial charge in [-0.1, -0.05) is 13.8 Å². The van der Waals surface area contributed by atoms with Crippen molar-refractivity contribution < 1.29 is 14.6 Å². The molecule has 1 aliphatic rings. The number of carbonyl (C=O) groups excluding carboxylic acids is 1. The fraction of sp³-hybridized carbons (Fsp3) is 0.625. The SMILES string of the molecule is CC(C)[C@@H](O)[C@@H]1C=CC(=O)O1. The molecule has 0 radical (unpaired) electrons. The Bertz CT molecular complexity index is 184. The van der Waals surface area contributed by atoms with Crippen molar-refractivity contribution in [1.29, 1.82) is 0 Å². The molecule has 0 saturated heterocycles. The molecule has 0 bridgehead atoms. The number of aliphatic hydroxyl groups excluding tert-OH is 1. The van der Waals surface area contributed by atoms with Gasteiger partial charge < -0.3 is 9.84 Å². The summed E-state index contributed by atoms with van der Waals surface area (Å²) in [6.45, 7) is 3.76. The first-order valence-electron chi connectivity index (χ1n) is 3.68. The van der Waals surface area contributed by atoms with Crippen LogP contribution in [-0.2, 0) is 9.53 Å².